The molecular weight excluding hydrogens is 445 g/mol. The van der Waals surface area contributed by atoms with Crippen LogP contribution >= 0.6 is 19.3 Å². The van der Waals surface area contributed by atoms with Crippen LogP contribution in [0.15, 0.2) is 42.5 Å². The van der Waals surface area contributed by atoms with Gasteiger partial charge in [0.1, 0.15) is 11.5 Å². The van der Waals surface area contributed by atoms with Gasteiger partial charge in [-0.1, -0.05) is 29.8 Å². The van der Waals surface area contributed by atoms with E-state index in [4.69, 9.17) is 31.3 Å². The van der Waals surface area contributed by atoms with Crippen molar-refractivity contribution in [1.82, 2.24) is 9.99 Å². The van der Waals surface area contributed by atoms with Crippen LogP contribution in [0, 0.1) is 0 Å². The summed E-state index contributed by atoms with van der Waals surface area (Å²) in [5.41, 5.74) is 6.31. The average Bonchev–Trinajstić information content (AvgIpc) is 2.75. The Morgan fingerprint density at radius 3 is 2.65 bits per heavy atom. The first-order valence-electron chi connectivity index (χ1n) is 9.54. The first-order valence-corrected chi connectivity index (χ1v) is 11.5. The van der Waals surface area contributed by atoms with E-state index in [2.05, 4.69) is 5.32 Å². The number of nitrogens with one attached hydrogen (secondary N) is 1. The monoisotopic (exact) mass is 469 g/mol. The van der Waals surface area contributed by atoms with E-state index in [0.717, 1.165) is 0 Å². The summed E-state index contributed by atoms with van der Waals surface area (Å²) in [7, 11) is -1.18. The molecule has 1 aliphatic heterocycles. The van der Waals surface area contributed by atoms with Crippen LogP contribution in [0.4, 0.5) is 5.69 Å². The normalized spacial score (nSPS) is 21.2. The molecule has 4 N–H and O–H groups in total. The fraction of sp³-hybridized carbons (Fsp3) is 0.350. The molecule has 31 heavy (non-hydrogen) atoms. The van der Waals surface area contributed by atoms with Crippen molar-refractivity contribution in [3.8, 4) is 11.5 Å². The largest absolute Gasteiger partial charge is 0.496 e. The van der Waals surface area contributed by atoms with Crippen LogP contribution in [0.3, 0.4) is 0 Å². The Bertz CT molecular complexity index is 977. The van der Waals surface area contributed by atoms with E-state index in [0.29, 0.717) is 23.6 Å². The predicted molar refractivity (Wildman–Crippen MR) is 118 cm³/mol. The van der Waals surface area contributed by atoms with E-state index in [1.807, 2.05) is 0 Å². The van der Waals surface area contributed by atoms with Gasteiger partial charge in [0.15, 0.2) is 0 Å². The summed E-state index contributed by atoms with van der Waals surface area (Å²) in [6.45, 7) is 0.326. The molecule has 3 atom stereocenters. The van der Waals surface area contributed by atoms with Crippen LogP contribution in [0.1, 0.15) is 16.8 Å². The van der Waals surface area contributed by atoms with E-state index >= 15 is 0 Å². The first-order chi connectivity index (χ1) is 14.7. The Kier molecular flexibility index (Phi) is 7.46. The lowest BCUT2D eigenvalue weighted by Crippen LogP contribution is -2.54. The van der Waals surface area contributed by atoms with Gasteiger partial charge in [-0.25, -0.2) is 4.57 Å². The van der Waals surface area contributed by atoms with Gasteiger partial charge in [-0.05, 0) is 24.6 Å². The highest BCUT2D eigenvalue weighted by Crippen LogP contribution is 2.48. The zero-order valence-corrected chi connectivity index (χ0v) is 18.8. The zero-order chi connectivity index (χ0) is 22.6. The summed E-state index contributed by atoms with van der Waals surface area (Å²) in [5, 5.41) is 3.14. The van der Waals surface area contributed by atoms with Crippen molar-refractivity contribution < 1.29 is 28.3 Å². The molecule has 3 rings (SSSR count). The number of rotatable bonds is 7. The van der Waals surface area contributed by atoms with E-state index < -0.39 is 25.8 Å². The number of hydrogen-bond acceptors (Lipinski definition) is 6. The summed E-state index contributed by atoms with van der Waals surface area (Å²) < 4.78 is 30.2. The van der Waals surface area contributed by atoms with Gasteiger partial charge < -0.3 is 29.9 Å². The summed E-state index contributed by atoms with van der Waals surface area (Å²) in [6.07, 6.45) is -0.161. The first kappa shape index (κ1) is 23.4. The molecule has 2 aromatic rings. The molecule has 1 heterocycles. The molecule has 0 radical (unpaired) electrons. The van der Waals surface area contributed by atoms with Gasteiger partial charge in [-0.2, -0.15) is 4.67 Å². The van der Waals surface area contributed by atoms with Crippen molar-refractivity contribution in [2.24, 2.45) is 0 Å². The van der Waals surface area contributed by atoms with Gasteiger partial charge in [0.05, 0.1) is 35.5 Å². The maximum absolute atomic E-state index is 12.8. The van der Waals surface area contributed by atoms with Crippen LogP contribution in [0.25, 0.3) is 0 Å². The number of para-hydroxylation sites is 1. The second kappa shape index (κ2) is 9.89. The molecule has 0 aliphatic carbocycles. The molecule has 0 bridgehead atoms. The minimum Gasteiger partial charge on any atom is -0.496 e. The molecule has 0 saturated carbocycles. The number of benzene rings is 2. The minimum absolute atomic E-state index is 0.0989. The van der Waals surface area contributed by atoms with E-state index in [1.54, 1.807) is 30.3 Å². The lowest BCUT2D eigenvalue weighted by molar-refractivity contribution is 0.0224. The quantitative estimate of drug-likeness (QED) is 0.418. The molecular formula is C20H25ClN3O6P. The van der Waals surface area contributed by atoms with E-state index in [9.17, 15) is 14.3 Å². The summed E-state index contributed by atoms with van der Waals surface area (Å²) in [5.74, 6) is 0.180. The molecule has 1 saturated heterocycles. The van der Waals surface area contributed by atoms with Crippen molar-refractivity contribution in [3.05, 3.63) is 53.1 Å². The number of anilines is 1. The Morgan fingerprint density at radius 2 is 2.00 bits per heavy atom. The number of halogens is 1. The lowest BCUT2D eigenvalue weighted by atomic mass is 10.0. The molecule has 0 spiro atoms. The SMILES string of the molecule is COc1cc(N)c(Cl)cc1C(=O)NC1CCN(P(=O)(O)Oc2ccccc2)CC1OC. The fourth-order valence-electron chi connectivity index (χ4n) is 3.37. The average molecular weight is 470 g/mol. The summed E-state index contributed by atoms with van der Waals surface area (Å²) >= 11 is 6.06. The molecule has 3 unspecified atom stereocenters. The second-order valence-electron chi connectivity index (χ2n) is 7.02. The van der Waals surface area contributed by atoms with Gasteiger partial charge in [0, 0.05) is 26.3 Å². The molecule has 1 amide bonds. The minimum atomic E-state index is -4.09. The van der Waals surface area contributed by atoms with Crippen molar-refractivity contribution in [3.63, 3.8) is 0 Å². The second-order valence-corrected chi connectivity index (χ2v) is 9.16. The third-order valence-corrected chi connectivity index (χ3v) is 6.90. The maximum atomic E-state index is 12.8. The highest BCUT2D eigenvalue weighted by Gasteiger charge is 2.40. The van der Waals surface area contributed by atoms with Gasteiger partial charge in [-0.3, -0.25) is 4.79 Å². The molecule has 1 aliphatic rings. The number of nitrogen functional groups attached to an aromatic ring is 1. The van der Waals surface area contributed by atoms with Gasteiger partial charge in [0.2, 0.25) is 0 Å². The van der Waals surface area contributed by atoms with Crippen LogP contribution in [-0.2, 0) is 9.30 Å². The Balaban J connectivity index is 1.69. The van der Waals surface area contributed by atoms with Crippen LogP contribution in [0.2, 0.25) is 5.02 Å². The molecule has 168 valence electrons. The number of hydrogen-bond donors (Lipinski definition) is 3. The zero-order valence-electron chi connectivity index (χ0n) is 17.2. The van der Waals surface area contributed by atoms with E-state index in [1.165, 1.54) is 31.0 Å². The van der Waals surface area contributed by atoms with Crippen molar-refractivity contribution >= 4 is 30.9 Å². The maximum Gasteiger partial charge on any atom is 0.458 e. The Morgan fingerprint density at radius 1 is 1.29 bits per heavy atom. The van der Waals surface area contributed by atoms with Crippen LogP contribution in [-0.4, -0.2) is 54.9 Å². The smallest absolute Gasteiger partial charge is 0.458 e. The number of carbonyl (C=O) groups excluding carboxylic acids is 1. The number of nitrogens with two attached hydrogens (primary N) is 1. The number of piperidine rings is 1. The number of carbonyl (C=O) groups is 1. The Hall–Kier alpha value is -2.29. The summed E-state index contributed by atoms with van der Waals surface area (Å²) in [4.78, 5) is 23.3. The van der Waals surface area contributed by atoms with Crippen molar-refractivity contribution in [2.75, 3.05) is 33.0 Å². The predicted octanol–water partition coefficient (Wildman–Crippen LogP) is 2.93. The van der Waals surface area contributed by atoms with Crippen molar-refractivity contribution in [2.45, 2.75) is 18.6 Å². The molecule has 9 nitrogen and oxygen atoms in total. The summed E-state index contributed by atoms with van der Waals surface area (Å²) in [6, 6.07) is 11.0. The third kappa shape index (κ3) is 5.50. The van der Waals surface area contributed by atoms with Gasteiger partial charge >= 0.3 is 7.75 Å². The molecule has 11 heteroatoms. The lowest BCUT2D eigenvalue weighted by Gasteiger charge is -2.38. The van der Waals surface area contributed by atoms with E-state index in [-0.39, 0.29) is 23.7 Å². The molecule has 2 aromatic carbocycles. The fourth-order valence-corrected chi connectivity index (χ4v) is 4.78. The van der Waals surface area contributed by atoms with Crippen molar-refractivity contribution in [1.29, 1.82) is 0 Å². The van der Waals surface area contributed by atoms with Crippen LogP contribution in [0.5, 0.6) is 11.5 Å². The number of amides is 1. The van der Waals surface area contributed by atoms with Gasteiger partial charge in [0.25, 0.3) is 5.91 Å². The highest BCUT2D eigenvalue weighted by atomic mass is 35.5. The third-order valence-electron chi connectivity index (χ3n) is 5.05. The standard InChI is InChI=1S/C20H25ClN3O6P/c1-28-18-11-16(22)15(21)10-14(18)20(25)23-17-8-9-24(12-19(17)29-2)31(26,27)30-13-6-4-3-5-7-13/h3-7,10-11,17,19H,8-9,12,22H2,1-2H3,(H,23,25)(H,26,27). The number of ether oxygens (including phenoxy) is 2. The van der Waals surface area contributed by atoms with Gasteiger partial charge in [-0.15, -0.1) is 0 Å². The number of methoxy groups -OCH3 is 2. The molecule has 1 fully saturated rings. The highest BCUT2D eigenvalue weighted by molar-refractivity contribution is 7.50. The van der Waals surface area contributed by atoms with Crippen LogP contribution < -0.4 is 20.3 Å². The number of nitrogens with zero attached hydrogens (tertiary/aromatic N) is 1. The molecule has 0 aromatic heterocycles. The topological polar surface area (TPSA) is 123 Å². The Labute approximate surface area is 185 Å².